The Morgan fingerprint density at radius 3 is 2.77 bits per heavy atom. The van der Waals surface area contributed by atoms with Crippen LogP contribution < -0.4 is 10.6 Å². The van der Waals surface area contributed by atoms with Crippen molar-refractivity contribution in [3.63, 3.8) is 0 Å². The maximum absolute atomic E-state index is 13.1. The number of furan rings is 1. The number of halogens is 1. The summed E-state index contributed by atoms with van der Waals surface area (Å²) in [6.07, 6.45) is 3.97. The zero-order valence-corrected chi connectivity index (χ0v) is 19.6. The van der Waals surface area contributed by atoms with Crippen molar-refractivity contribution in [3.05, 3.63) is 63.2 Å². The van der Waals surface area contributed by atoms with Gasteiger partial charge < -0.3 is 15.1 Å². The van der Waals surface area contributed by atoms with Crippen LogP contribution in [0.2, 0.25) is 5.02 Å². The number of amides is 1. The molecule has 0 radical (unpaired) electrons. The molecule has 2 aliphatic rings. The number of carbonyl (C=O) groups excluding carboxylic acids is 1. The van der Waals surface area contributed by atoms with Gasteiger partial charge in [-0.25, -0.2) is 0 Å². The fourth-order valence-electron chi connectivity index (χ4n) is 4.71. The third-order valence-corrected chi connectivity index (χ3v) is 8.63. The van der Waals surface area contributed by atoms with E-state index in [1.165, 1.54) is 16.9 Å². The molecule has 3 heterocycles. The molecule has 4 nitrogen and oxygen atoms in total. The second kappa shape index (κ2) is 7.72. The molecule has 0 spiro atoms. The first kappa shape index (κ1) is 20.7. The van der Waals surface area contributed by atoms with Crippen LogP contribution in [-0.4, -0.2) is 5.91 Å². The normalized spacial score (nSPS) is 20.6. The number of nitrogens with one attached hydrogen (secondary N) is 2. The largest absolute Gasteiger partial charge is 0.457 e. The van der Waals surface area contributed by atoms with E-state index in [1.54, 1.807) is 11.3 Å². The average Bonchev–Trinajstić information content (AvgIpc) is 3.38. The molecule has 1 aliphatic carbocycles. The molecular formula is C25H27ClN2O2S. The van der Waals surface area contributed by atoms with Crippen molar-refractivity contribution in [1.29, 1.82) is 0 Å². The monoisotopic (exact) mass is 454 g/mol. The molecule has 0 unspecified atom stereocenters. The topological polar surface area (TPSA) is 54.3 Å². The summed E-state index contributed by atoms with van der Waals surface area (Å²) in [7, 11) is 0. The van der Waals surface area contributed by atoms with Crippen LogP contribution in [0.3, 0.4) is 0 Å². The molecule has 0 fully saturated rings. The van der Waals surface area contributed by atoms with E-state index in [2.05, 4.69) is 31.4 Å². The highest BCUT2D eigenvalue weighted by Gasteiger charge is 2.37. The summed E-state index contributed by atoms with van der Waals surface area (Å²) in [6.45, 7) is 7.00. The molecule has 5 rings (SSSR count). The molecule has 1 amide bonds. The quantitative estimate of drug-likeness (QED) is 0.443. The van der Waals surface area contributed by atoms with Crippen LogP contribution >= 0.6 is 22.9 Å². The highest BCUT2D eigenvalue weighted by Crippen LogP contribution is 2.47. The Morgan fingerprint density at radius 1 is 1.19 bits per heavy atom. The van der Waals surface area contributed by atoms with Crippen LogP contribution in [0.4, 0.5) is 5.00 Å². The van der Waals surface area contributed by atoms with Gasteiger partial charge in [0.2, 0.25) is 0 Å². The summed E-state index contributed by atoms with van der Waals surface area (Å²) in [4.78, 5) is 14.4. The first-order chi connectivity index (χ1) is 14.9. The van der Waals surface area contributed by atoms with Gasteiger partial charge in [-0.1, -0.05) is 50.9 Å². The molecule has 2 aromatic heterocycles. The van der Waals surface area contributed by atoms with Crippen molar-refractivity contribution in [2.75, 3.05) is 5.32 Å². The van der Waals surface area contributed by atoms with Crippen LogP contribution in [0.1, 0.15) is 66.3 Å². The smallest absolute Gasteiger partial charge is 0.256 e. The average molecular weight is 455 g/mol. The molecule has 1 aliphatic heterocycles. The van der Waals surface area contributed by atoms with Gasteiger partial charge >= 0.3 is 0 Å². The van der Waals surface area contributed by atoms with Gasteiger partial charge in [-0.3, -0.25) is 4.79 Å². The van der Waals surface area contributed by atoms with E-state index < -0.39 is 0 Å². The van der Waals surface area contributed by atoms with Crippen LogP contribution in [-0.2, 0) is 12.8 Å². The Morgan fingerprint density at radius 2 is 2.00 bits per heavy atom. The van der Waals surface area contributed by atoms with E-state index in [9.17, 15) is 4.79 Å². The summed E-state index contributed by atoms with van der Waals surface area (Å²) < 4.78 is 6.07. The second-order valence-electron chi connectivity index (χ2n) is 9.22. The Kier molecular flexibility index (Phi) is 5.14. The third kappa shape index (κ3) is 3.58. The van der Waals surface area contributed by atoms with Gasteiger partial charge in [-0.05, 0) is 60.4 Å². The minimum Gasteiger partial charge on any atom is -0.457 e. The molecule has 2 atom stereocenters. The number of thiophene rings is 1. The molecule has 2 N–H and O–H groups in total. The Balaban J connectivity index is 1.41. The van der Waals surface area contributed by atoms with E-state index in [0.717, 1.165) is 35.4 Å². The zero-order chi connectivity index (χ0) is 21.8. The summed E-state index contributed by atoms with van der Waals surface area (Å²) in [5, 5.41) is 8.20. The molecule has 3 aromatic rings. The lowest BCUT2D eigenvalue weighted by atomic mass is 9.69. The highest BCUT2D eigenvalue weighted by atomic mass is 35.5. The van der Waals surface area contributed by atoms with Gasteiger partial charge in [0.15, 0.2) is 6.17 Å². The van der Waals surface area contributed by atoms with Gasteiger partial charge in [-0.15, -0.1) is 11.3 Å². The van der Waals surface area contributed by atoms with Crippen molar-refractivity contribution in [1.82, 2.24) is 5.32 Å². The lowest BCUT2D eigenvalue weighted by molar-refractivity contribution is 0.0930. The second-order valence-corrected chi connectivity index (χ2v) is 10.7. The number of hydrogen-bond acceptors (Lipinski definition) is 4. The van der Waals surface area contributed by atoms with Crippen LogP contribution in [0.5, 0.6) is 0 Å². The standard InChI is InChI=1S/C25H27ClN2O2S/c1-4-25(2,3)14-9-10-16-20(13-14)31-24-21(16)23(29)27-22(28-24)19-12-11-18(30-19)15-7-5-6-8-17(15)26/h5-8,11-12,14,22,28H,4,9-10,13H2,1-3H3,(H,27,29)/t14-,22-/m1/s1. The Bertz CT molecular complexity index is 1150. The maximum Gasteiger partial charge on any atom is 0.256 e. The number of fused-ring (bicyclic) bond motifs is 3. The van der Waals surface area contributed by atoms with Crippen LogP contribution in [0.25, 0.3) is 11.3 Å². The minimum absolute atomic E-state index is 0.0138. The molecular weight excluding hydrogens is 428 g/mol. The van der Waals surface area contributed by atoms with E-state index in [1.807, 2.05) is 36.4 Å². The summed E-state index contributed by atoms with van der Waals surface area (Å²) in [6, 6.07) is 11.4. The van der Waals surface area contributed by atoms with E-state index in [4.69, 9.17) is 16.0 Å². The number of anilines is 1. The molecule has 0 bridgehead atoms. The summed E-state index contributed by atoms with van der Waals surface area (Å²) in [5.74, 6) is 2.01. The van der Waals surface area contributed by atoms with Crippen molar-refractivity contribution in [3.8, 4) is 11.3 Å². The highest BCUT2D eigenvalue weighted by molar-refractivity contribution is 7.16. The molecule has 6 heteroatoms. The van der Waals surface area contributed by atoms with Crippen LogP contribution in [0, 0.1) is 11.3 Å². The van der Waals surface area contributed by atoms with Crippen molar-refractivity contribution >= 4 is 33.8 Å². The predicted octanol–water partition coefficient (Wildman–Crippen LogP) is 7.06. The van der Waals surface area contributed by atoms with Crippen molar-refractivity contribution in [2.45, 2.75) is 52.6 Å². The van der Waals surface area contributed by atoms with E-state index in [0.29, 0.717) is 27.9 Å². The molecule has 162 valence electrons. The lowest BCUT2D eigenvalue weighted by Crippen LogP contribution is -2.38. The first-order valence-electron chi connectivity index (χ1n) is 10.9. The zero-order valence-electron chi connectivity index (χ0n) is 18.0. The first-order valence-corrected chi connectivity index (χ1v) is 12.1. The minimum atomic E-state index is -0.390. The summed E-state index contributed by atoms with van der Waals surface area (Å²) in [5.41, 5.74) is 3.24. The number of carbonyl (C=O) groups is 1. The van der Waals surface area contributed by atoms with Crippen molar-refractivity contribution < 1.29 is 9.21 Å². The fraction of sp³-hybridized carbons (Fsp3) is 0.400. The van der Waals surface area contributed by atoms with Gasteiger partial charge in [0.1, 0.15) is 16.5 Å². The number of hydrogen-bond donors (Lipinski definition) is 2. The third-order valence-electron chi connectivity index (χ3n) is 7.11. The molecule has 31 heavy (non-hydrogen) atoms. The van der Waals surface area contributed by atoms with E-state index >= 15 is 0 Å². The Hall–Kier alpha value is -2.24. The van der Waals surface area contributed by atoms with Gasteiger partial charge in [0.25, 0.3) is 5.91 Å². The van der Waals surface area contributed by atoms with Gasteiger partial charge in [0, 0.05) is 10.4 Å². The summed E-state index contributed by atoms with van der Waals surface area (Å²) >= 11 is 8.05. The molecule has 0 saturated carbocycles. The Labute approximate surface area is 192 Å². The van der Waals surface area contributed by atoms with Gasteiger partial charge in [-0.2, -0.15) is 0 Å². The van der Waals surface area contributed by atoms with Crippen molar-refractivity contribution in [2.24, 2.45) is 11.3 Å². The van der Waals surface area contributed by atoms with E-state index in [-0.39, 0.29) is 12.1 Å². The number of rotatable bonds is 4. The molecule has 0 saturated heterocycles. The van der Waals surface area contributed by atoms with Gasteiger partial charge in [0.05, 0.1) is 10.6 Å². The number of benzene rings is 1. The maximum atomic E-state index is 13.1. The molecule has 1 aromatic carbocycles. The van der Waals surface area contributed by atoms with Crippen LogP contribution in [0.15, 0.2) is 40.8 Å². The predicted molar refractivity (Wildman–Crippen MR) is 127 cm³/mol. The fourth-order valence-corrected chi connectivity index (χ4v) is 6.29. The SMILES string of the molecule is CCC(C)(C)[C@@H]1CCc2c(sc3c2C(=O)N[C@@H](c2ccc(-c4ccccc4Cl)o2)N3)C1. The lowest BCUT2D eigenvalue weighted by Gasteiger charge is -2.36.